The Bertz CT molecular complexity index is 593. The summed E-state index contributed by atoms with van der Waals surface area (Å²) in [5, 5.41) is 9.58. The zero-order valence-corrected chi connectivity index (χ0v) is 10.6. The Morgan fingerprint density at radius 1 is 1.33 bits per heavy atom. The standard InChI is InChI=1S/C15H16N2O/c1-9-14(10(2)18)8-16-15(17-9)13-7-11-5-3-4-6-12(11)13/h3-6,8,10,13,18H,7H2,1-2H3. The van der Waals surface area contributed by atoms with Gasteiger partial charge >= 0.3 is 0 Å². The summed E-state index contributed by atoms with van der Waals surface area (Å²) < 4.78 is 0. The zero-order chi connectivity index (χ0) is 12.7. The number of nitrogens with zero attached hydrogens (tertiary/aromatic N) is 2. The van der Waals surface area contributed by atoms with Crippen molar-refractivity contribution in [3.63, 3.8) is 0 Å². The summed E-state index contributed by atoms with van der Waals surface area (Å²) in [4.78, 5) is 8.95. The monoisotopic (exact) mass is 240 g/mol. The normalized spacial score (nSPS) is 18.9. The van der Waals surface area contributed by atoms with Crippen molar-refractivity contribution in [2.24, 2.45) is 0 Å². The second kappa shape index (κ2) is 4.18. The van der Waals surface area contributed by atoms with E-state index < -0.39 is 6.10 Å². The number of aryl methyl sites for hydroxylation is 1. The highest BCUT2D eigenvalue weighted by Crippen LogP contribution is 2.38. The molecule has 1 heterocycles. The van der Waals surface area contributed by atoms with Crippen molar-refractivity contribution in [3.05, 3.63) is 58.7 Å². The number of hydrogen-bond donors (Lipinski definition) is 1. The molecule has 3 nitrogen and oxygen atoms in total. The minimum absolute atomic E-state index is 0.322. The second-order valence-corrected chi connectivity index (χ2v) is 4.90. The van der Waals surface area contributed by atoms with Crippen molar-refractivity contribution in [2.75, 3.05) is 0 Å². The Kier molecular flexibility index (Phi) is 2.63. The fourth-order valence-electron chi connectivity index (χ4n) is 2.56. The molecule has 0 amide bonds. The van der Waals surface area contributed by atoms with Crippen LogP contribution in [0.15, 0.2) is 30.5 Å². The minimum atomic E-state index is -0.507. The molecule has 2 atom stereocenters. The van der Waals surface area contributed by atoms with Gasteiger partial charge in [0.05, 0.1) is 6.10 Å². The summed E-state index contributed by atoms with van der Waals surface area (Å²) >= 11 is 0. The average molecular weight is 240 g/mol. The van der Waals surface area contributed by atoms with Gasteiger partial charge in [-0.05, 0) is 31.4 Å². The molecule has 3 rings (SSSR count). The molecule has 2 aromatic rings. The van der Waals surface area contributed by atoms with Crippen molar-refractivity contribution >= 4 is 0 Å². The maximum Gasteiger partial charge on any atom is 0.136 e. The minimum Gasteiger partial charge on any atom is -0.389 e. The summed E-state index contributed by atoms with van der Waals surface area (Å²) in [6.45, 7) is 3.67. The van der Waals surface area contributed by atoms with E-state index in [1.165, 1.54) is 11.1 Å². The summed E-state index contributed by atoms with van der Waals surface area (Å²) in [6, 6.07) is 8.42. The molecule has 0 saturated carbocycles. The number of aliphatic hydroxyl groups is 1. The number of rotatable bonds is 2. The Morgan fingerprint density at radius 3 is 2.78 bits per heavy atom. The van der Waals surface area contributed by atoms with E-state index in [4.69, 9.17) is 0 Å². The third-order valence-electron chi connectivity index (χ3n) is 3.65. The van der Waals surface area contributed by atoms with Gasteiger partial charge in [0, 0.05) is 23.4 Å². The van der Waals surface area contributed by atoms with Crippen LogP contribution >= 0.6 is 0 Å². The van der Waals surface area contributed by atoms with E-state index in [2.05, 4.69) is 34.2 Å². The Morgan fingerprint density at radius 2 is 2.11 bits per heavy atom. The molecular formula is C15H16N2O. The van der Waals surface area contributed by atoms with Gasteiger partial charge < -0.3 is 5.11 Å². The summed E-state index contributed by atoms with van der Waals surface area (Å²) in [7, 11) is 0. The summed E-state index contributed by atoms with van der Waals surface area (Å²) in [5.74, 6) is 1.19. The molecule has 1 aliphatic carbocycles. The van der Waals surface area contributed by atoms with Crippen LogP contribution in [-0.2, 0) is 6.42 Å². The summed E-state index contributed by atoms with van der Waals surface area (Å²) in [6.07, 6.45) is 2.26. The number of hydrogen-bond acceptors (Lipinski definition) is 3. The third-order valence-corrected chi connectivity index (χ3v) is 3.65. The molecule has 0 radical (unpaired) electrons. The van der Waals surface area contributed by atoms with Gasteiger partial charge in [0.2, 0.25) is 0 Å². The van der Waals surface area contributed by atoms with Crippen LogP contribution in [0, 0.1) is 6.92 Å². The van der Waals surface area contributed by atoms with Crippen LogP contribution in [0.1, 0.15) is 47.2 Å². The Balaban J connectivity index is 1.94. The highest BCUT2D eigenvalue weighted by Gasteiger charge is 2.29. The average Bonchev–Trinajstić information content (AvgIpc) is 2.30. The van der Waals surface area contributed by atoms with Gasteiger partial charge in [-0.3, -0.25) is 0 Å². The highest BCUT2D eigenvalue weighted by molar-refractivity contribution is 5.44. The lowest BCUT2D eigenvalue weighted by atomic mass is 9.77. The molecule has 3 heteroatoms. The van der Waals surface area contributed by atoms with Crippen molar-refractivity contribution in [1.82, 2.24) is 9.97 Å². The van der Waals surface area contributed by atoms with Crippen molar-refractivity contribution in [1.29, 1.82) is 0 Å². The smallest absolute Gasteiger partial charge is 0.136 e. The van der Waals surface area contributed by atoms with Gasteiger partial charge in [0.15, 0.2) is 0 Å². The number of benzene rings is 1. The fraction of sp³-hybridized carbons (Fsp3) is 0.333. The molecule has 1 aromatic heterocycles. The van der Waals surface area contributed by atoms with Gasteiger partial charge in [0.1, 0.15) is 5.82 Å². The Labute approximate surface area is 107 Å². The quantitative estimate of drug-likeness (QED) is 0.877. The first kappa shape index (κ1) is 11.4. The van der Waals surface area contributed by atoms with Gasteiger partial charge in [0.25, 0.3) is 0 Å². The highest BCUT2D eigenvalue weighted by atomic mass is 16.3. The van der Waals surface area contributed by atoms with E-state index in [1.807, 2.05) is 6.92 Å². The third kappa shape index (κ3) is 1.71. The molecule has 0 spiro atoms. The van der Waals surface area contributed by atoms with Crippen LogP contribution < -0.4 is 0 Å². The first-order valence-electron chi connectivity index (χ1n) is 6.26. The van der Waals surface area contributed by atoms with Gasteiger partial charge in [-0.15, -0.1) is 0 Å². The predicted octanol–water partition coefficient (Wildman–Crippen LogP) is 2.53. The second-order valence-electron chi connectivity index (χ2n) is 4.90. The van der Waals surface area contributed by atoms with Crippen LogP contribution in [0.2, 0.25) is 0 Å². The van der Waals surface area contributed by atoms with Crippen molar-refractivity contribution in [3.8, 4) is 0 Å². The van der Waals surface area contributed by atoms with Crippen LogP contribution in [0.3, 0.4) is 0 Å². The van der Waals surface area contributed by atoms with E-state index >= 15 is 0 Å². The van der Waals surface area contributed by atoms with E-state index in [9.17, 15) is 5.11 Å². The molecule has 0 aliphatic heterocycles. The fourth-order valence-corrected chi connectivity index (χ4v) is 2.56. The maximum atomic E-state index is 9.58. The molecule has 0 bridgehead atoms. The zero-order valence-electron chi connectivity index (χ0n) is 10.6. The van der Waals surface area contributed by atoms with Gasteiger partial charge in [-0.2, -0.15) is 0 Å². The number of fused-ring (bicyclic) bond motifs is 1. The Hall–Kier alpha value is -1.74. The van der Waals surface area contributed by atoms with Crippen LogP contribution in [0.25, 0.3) is 0 Å². The van der Waals surface area contributed by atoms with Crippen molar-refractivity contribution < 1.29 is 5.11 Å². The molecule has 0 saturated heterocycles. The molecule has 0 fully saturated rings. The van der Waals surface area contributed by atoms with Gasteiger partial charge in [-0.25, -0.2) is 9.97 Å². The molecule has 2 unspecified atom stereocenters. The lowest BCUT2D eigenvalue weighted by Crippen LogP contribution is -2.21. The number of aromatic nitrogens is 2. The van der Waals surface area contributed by atoms with Crippen molar-refractivity contribution in [2.45, 2.75) is 32.3 Å². The molecule has 92 valence electrons. The SMILES string of the molecule is Cc1nc(C2Cc3ccccc32)ncc1C(C)O. The molecule has 1 aliphatic rings. The van der Waals surface area contributed by atoms with Crippen LogP contribution in [-0.4, -0.2) is 15.1 Å². The lowest BCUT2D eigenvalue weighted by Gasteiger charge is -2.29. The molecule has 18 heavy (non-hydrogen) atoms. The van der Waals surface area contributed by atoms with Crippen LogP contribution in [0.4, 0.5) is 0 Å². The van der Waals surface area contributed by atoms with Gasteiger partial charge in [-0.1, -0.05) is 24.3 Å². The van der Waals surface area contributed by atoms with E-state index in [0.29, 0.717) is 5.92 Å². The summed E-state index contributed by atoms with van der Waals surface area (Å²) in [5.41, 5.74) is 4.41. The maximum absolute atomic E-state index is 9.58. The lowest BCUT2D eigenvalue weighted by molar-refractivity contribution is 0.197. The van der Waals surface area contributed by atoms with E-state index in [-0.39, 0.29) is 0 Å². The first-order chi connectivity index (χ1) is 8.66. The predicted molar refractivity (Wildman–Crippen MR) is 69.4 cm³/mol. The molecule has 1 N–H and O–H groups in total. The largest absolute Gasteiger partial charge is 0.389 e. The number of aliphatic hydroxyl groups excluding tert-OH is 1. The molecule has 1 aromatic carbocycles. The van der Waals surface area contributed by atoms with E-state index in [1.54, 1.807) is 13.1 Å². The molecular weight excluding hydrogens is 224 g/mol. The topological polar surface area (TPSA) is 46.0 Å². The van der Waals surface area contributed by atoms with Crippen LogP contribution in [0.5, 0.6) is 0 Å². The first-order valence-corrected chi connectivity index (χ1v) is 6.26. The van der Waals surface area contributed by atoms with E-state index in [0.717, 1.165) is 23.5 Å².